The number of rotatable bonds is 4. The van der Waals surface area contributed by atoms with E-state index in [-0.39, 0.29) is 36.1 Å². The van der Waals surface area contributed by atoms with E-state index in [0.29, 0.717) is 32.4 Å². The van der Waals surface area contributed by atoms with Gasteiger partial charge in [0.15, 0.2) is 0 Å². The van der Waals surface area contributed by atoms with Gasteiger partial charge in [-0.25, -0.2) is 0 Å². The number of piperidine rings is 1. The van der Waals surface area contributed by atoms with Crippen molar-refractivity contribution in [2.75, 3.05) is 20.1 Å². The number of piperazine rings is 1. The van der Waals surface area contributed by atoms with Crippen molar-refractivity contribution in [3.63, 3.8) is 0 Å². The third-order valence-corrected chi connectivity index (χ3v) is 10.6. The number of aliphatic hydroxyl groups is 1. The fraction of sp³-hybridized carbons (Fsp3) is 0.485. The number of H-pyrrole nitrogens is 1. The normalized spacial score (nSPS) is 35.2. The Morgan fingerprint density at radius 1 is 1.16 bits per heavy atom. The van der Waals surface area contributed by atoms with Gasteiger partial charge in [-0.3, -0.25) is 24.0 Å². The van der Waals surface area contributed by atoms with Gasteiger partial charge in [0.1, 0.15) is 12.1 Å². The van der Waals surface area contributed by atoms with Crippen molar-refractivity contribution in [1.29, 1.82) is 0 Å². The van der Waals surface area contributed by atoms with Crippen molar-refractivity contribution in [3.8, 4) is 0 Å². The molecule has 0 spiro atoms. The van der Waals surface area contributed by atoms with Gasteiger partial charge in [-0.2, -0.15) is 0 Å². The molecule has 5 heterocycles. The van der Waals surface area contributed by atoms with Crippen LogP contribution in [0.1, 0.15) is 48.8 Å². The monoisotopic (exact) mass is 583 g/mol. The number of carbonyl (C=O) groups excluding carboxylic acids is 3. The van der Waals surface area contributed by atoms with E-state index in [2.05, 4.69) is 46.6 Å². The predicted octanol–water partition coefficient (Wildman–Crippen LogP) is 2.08. The number of carbonyl (C=O) groups is 3. The van der Waals surface area contributed by atoms with Crippen LogP contribution >= 0.6 is 0 Å². The molecule has 4 aliphatic heterocycles. The van der Waals surface area contributed by atoms with E-state index in [0.717, 1.165) is 17.5 Å². The number of nitrogens with one attached hydrogen (secondary N) is 2. The van der Waals surface area contributed by atoms with Crippen LogP contribution in [0.5, 0.6) is 0 Å². The Bertz CT molecular complexity index is 1640. The van der Waals surface area contributed by atoms with E-state index in [1.165, 1.54) is 28.3 Å². The van der Waals surface area contributed by atoms with Gasteiger partial charge >= 0.3 is 0 Å². The fourth-order valence-corrected chi connectivity index (χ4v) is 8.65. The first-order chi connectivity index (χ1) is 20.7. The fourth-order valence-electron chi connectivity index (χ4n) is 8.65. The number of hydrogen-bond donors (Lipinski definition) is 3. The molecule has 1 aliphatic carbocycles. The molecule has 3 N–H and O–H groups in total. The first-order valence-corrected chi connectivity index (χ1v) is 15.4. The molecule has 2 aromatic carbocycles. The van der Waals surface area contributed by atoms with E-state index in [4.69, 9.17) is 4.74 Å². The number of likely N-dealkylation sites (N-methyl/N-ethyl adjacent to an activating group) is 1. The van der Waals surface area contributed by atoms with Crippen LogP contribution in [0.3, 0.4) is 0 Å². The maximum Gasteiger partial charge on any atom is 0.280 e. The average molecular weight is 584 g/mol. The molecule has 43 heavy (non-hydrogen) atoms. The lowest BCUT2D eigenvalue weighted by atomic mass is 9.72. The highest BCUT2D eigenvalue weighted by Crippen LogP contribution is 2.47. The molecule has 5 aliphatic rings. The highest BCUT2D eigenvalue weighted by atomic mass is 16.7. The van der Waals surface area contributed by atoms with Crippen LogP contribution < -0.4 is 5.32 Å². The van der Waals surface area contributed by atoms with Crippen molar-refractivity contribution >= 4 is 28.6 Å². The van der Waals surface area contributed by atoms with Gasteiger partial charge in [-0.05, 0) is 62.4 Å². The lowest BCUT2D eigenvalue weighted by Gasteiger charge is -2.48. The molecule has 0 saturated carbocycles. The van der Waals surface area contributed by atoms with E-state index < -0.39 is 29.6 Å². The summed E-state index contributed by atoms with van der Waals surface area (Å²) in [4.78, 5) is 50.4. The second kappa shape index (κ2) is 9.38. The molecule has 8 rings (SSSR count). The van der Waals surface area contributed by atoms with Crippen LogP contribution in [-0.4, -0.2) is 92.4 Å². The molecule has 224 valence electrons. The number of likely N-dealkylation sites (tertiary alicyclic amines) is 1. The van der Waals surface area contributed by atoms with E-state index >= 15 is 0 Å². The molecule has 0 radical (unpaired) electrons. The van der Waals surface area contributed by atoms with E-state index in [1.807, 2.05) is 30.3 Å². The van der Waals surface area contributed by atoms with Crippen LogP contribution in [0.15, 0.2) is 54.7 Å². The largest absolute Gasteiger partial charge is 0.361 e. The lowest BCUT2D eigenvalue weighted by Crippen LogP contribution is -2.71. The van der Waals surface area contributed by atoms with E-state index in [9.17, 15) is 19.5 Å². The number of benzene rings is 2. The van der Waals surface area contributed by atoms with Crippen LogP contribution in [0, 0.1) is 5.92 Å². The molecule has 3 aromatic rings. The van der Waals surface area contributed by atoms with Crippen LogP contribution in [0.4, 0.5) is 0 Å². The zero-order valence-electron chi connectivity index (χ0n) is 24.5. The number of fused-ring (bicyclic) bond motifs is 5. The molecule has 3 amide bonds. The third-order valence-electron chi connectivity index (χ3n) is 10.6. The van der Waals surface area contributed by atoms with Crippen LogP contribution in [0.2, 0.25) is 0 Å². The minimum absolute atomic E-state index is 0.171. The Morgan fingerprint density at radius 3 is 2.79 bits per heavy atom. The van der Waals surface area contributed by atoms with Gasteiger partial charge in [-0.1, -0.05) is 42.5 Å². The highest BCUT2D eigenvalue weighted by molar-refractivity contribution is 5.97. The first-order valence-electron chi connectivity index (χ1n) is 15.4. The minimum atomic E-state index is -2.03. The average Bonchev–Trinajstić information content (AvgIpc) is 3.70. The van der Waals surface area contributed by atoms with Crippen molar-refractivity contribution in [2.24, 2.45) is 5.92 Å². The Balaban J connectivity index is 1.08. The second-order valence-corrected chi connectivity index (χ2v) is 13.2. The molecule has 0 bridgehead atoms. The van der Waals surface area contributed by atoms with Crippen LogP contribution in [0.25, 0.3) is 10.9 Å². The Morgan fingerprint density at radius 2 is 1.98 bits per heavy atom. The number of ether oxygens (including phenoxy) is 1. The van der Waals surface area contributed by atoms with Crippen molar-refractivity contribution in [2.45, 2.75) is 74.7 Å². The van der Waals surface area contributed by atoms with Gasteiger partial charge in [0.2, 0.25) is 17.5 Å². The number of aromatic amines is 1. The van der Waals surface area contributed by atoms with Crippen molar-refractivity contribution in [3.05, 3.63) is 71.4 Å². The number of hydrogen-bond acceptors (Lipinski definition) is 6. The summed E-state index contributed by atoms with van der Waals surface area (Å²) in [5, 5.41) is 16.2. The molecule has 4 fully saturated rings. The number of nitrogens with zero attached hydrogens (tertiary/aromatic N) is 3. The molecule has 2 unspecified atom stereocenters. The summed E-state index contributed by atoms with van der Waals surface area (Å²) in [6.07, 6.45) is 5.13. The summed E-state index contributed by atoms with van der Waals surface area (Å²) in [6.45, 7) is 2.56. The Labute approximate surface area is 250 Å². The summed E-state index contributed by atoms with van der Waals surface area (Å²) in [5.41, 5.74) is 2.74. The Hall–Kier alpha value is -3.73. The summed E-state index contributed by atoms with van der Waals surface area (Å²) in [7, 11) is 2.06. The SMILES string of the molecule is CN1C[C@H](C(=O)N[C@@]2(C)OC3(O)[C@@H]4CCCN4C(=O)[C@H](Cc4ccccc4)N3C2=O)CC2c3cccc4[nH]cc(c34)C[C@H]21. The van der Waals surface area contributed by atoms with Gasteiger partial charge in [-0.15, -0.1) is 0 Å². The summed E-state index contributed by atoms with van der Waals surface area (Å²) >= 11 is 0. The summed E-state index contributed by atoms with van der Waals surface area (Å²) in [6, 6.07) is 14.4. The standard InChI is InChI=1S/C33H37N5O5/c1-32(35-29(39)21-15-23-22-10-6-11-24-28(22)20(17-34-24)16-25(23)36(2)18-21)31(41)38-26(14-19-8-4-3-5-9-19)30(40)37-13-7-12-27(37)33(38,42)43-32/h3-6,8-11,17,21,23,25-27,34,42H,7,12-16,18H2,1-2H3,(H,35,39)/t21-,23?,25-,26+,27+,32+,33?/m1/s1. The molecular formula is C33H37N5O5. The molecule has 4 saturated heterocycles. The zero-order chi connectivity index (χ0) is 29.7. The molecule has 10 nitrogen and oxygen atoms in total. The quantitative estimate of drug-likeness (QED) is 0.433. The van der Waals surface area contributed by atoms with Crippen molar-refractivity contribution < 1.29 is 24.2 Å². The van der Waals surface area contributed by atoms with Gasteiger partial charge in [0.25, 0.3) is 11.8 Å². The summed E-state index contributed by atoms with van der Waals surface area (Å²) < 4.78 is 6.25. The summed E-state index contributed by atoms with van der Waals surface area (Å²) in [5.74, 6) is -3.31. The minimum Gasteiger partial charge on any atom is -0.361 e. The van der Waals surface area contributed by atoms with E-state index in [1.54, 1.807) is 4.90 Å². The van der Waals surface area contributed by atoms with Crippen molar-refractivity contribution in [1.82, 2.24) is 25.0 Å². The van der Waals surface area contributed by atoms with Gasteiger partial charge < -0.3 is 25.2 Å². The zero-order valence-corrected chi connectivity index (χ0v) is 24.5. The first kappa shape index (κ1) is 26.9. The number of aromatic nitrogens is 1. The lowest BCUT2D eigenvalue weighted by molar-refractivity contribution is -0.315. The molecule has 1 aromatic heterocycles. The smallest absolute Gasteiger partial charge is 0.280 e. The maximum absolute atomic E-state index is 14.2. The maximum atomic E-state index is 14.2. The third kappa shape index (κ3) is 3.86. The van der Waals surface area contributed by atoms with Gasteiger partial charge in [0.05, 0.1) is 5.92 Å². The number of amides is 3. The molecule has 7 atom stereocenters. The topological polar surface area (TPSA) is 118 Å². The Kier molecular flexibility index (Phi) is 5.86. The van der Waals surface area contributed by atoms with Gasteiger partial charge in [0, 0.05) is 48.6 Å². The highest BCUT2D eigenvalue weighted by Gasteiger charge is 2.70. The van der Waals surface area contributed by atoms with Crippen LogP contribution in [-0.2, 0) is 32.0 Å². The molecular weight excluding hydrogens is 546 g/mol. The molecule has 10 heteroatoms. The second-order valence-electron chi connectivity index (χ2n) is 13.2. The predicted molar refractivity (Wildman–Crippen MR) is 157 cm³/mol.